The predicted molar refractivity (Wildman–Crippen MR) is 87.8 cm³/mol. The fourth-order valence-corrected chi connectivity index (χ4v) is 4.64. The van der Waals surface area contributed by atoms with E-state index in [1.54, 1.807) is 18.7 Å². The highest BCUT2D eigenvalue weighted by molar-refractivity contribution is 7.99. The normalized spacial score (nSPS) is 21.3. The van der Waals surface area contributed by atoms with E-state index in [0.29, 0.717) is 15.8 Å². The Morgan fingerprint density at radius 3 is 2.67 bits per heavy atom. The van der Waals surface area contributed by atoms with Crippen molar-refractivity contribution in [3.05, 3.63) is 16.0 Å². The van der Waals surface area contributed by atoms with E-state index in [0.717, 1.165) is 24.1 Å². The number of hydrogen-bond acceptors (Lipinski definition) is 4. The summed E-state index contributed by atoms with van der Waals surface area (Å²) in [5, 5.41) is 15.8. The van der Waals surface area contributed by atoms with Crippen molar-refractivity contribution in [2.45, 2.75) is 44.4 Å². The quantitative estimate of drug-likeness (QED) is 0.791. The molecule has 1 fully saturated rings. The van der Waals surface area contributed by atoms with Gasteiger partial charge in [0.2, 0.25) is 0 Å². The van der Waals surface area contributed by atoms with Gasteiger partial charge in [0.05, 0.1) is 5.56 Å². The van der Waals surface area contributed by atoms with Gasteiger partial charge in [-0.25, -0.2) is 9.59 Å². The molecule has 1 aliphatic carbocycles. The van der Waals surface area contributed by atoms with Gasteiger partial charge in [0, 0.05) is 16.2 Å². The Bertz CT molecular complexity index is 557. The second-order valence-corrected chi connectivity index (χ2v) is 7.50. The molecule has 1 aliphatic rings. The van der Waals surface area contributed by atoms with Crippen LogP contribution in [0, 0.1) is 13.8 Å². The third-order valence-electron chi connectivity index (χ3n) is 3.90. The maximum atomic E-state index is 12.1. The van der Waals surface area contributed by atoms with Crippen molar-refractivity contribution >= 4 is 40.1 Å². The lowest BCUT2D eigenvalue weighted by Crippen LogP contribution is -2.41. The average Bonchev–Trinajstić information content (AvgIpc) is 2.95. The molecule has 0 aliphatic heterocycles. The van der Waals surface area contributed by atoms with Gasteiger partial charge < -0.3 is 10.4 Å². The first-order chi connectivity index (χ1) is 9.93. The summed E-state index contributed by atoms with van der Waals surface area (Å²) in [5.74, 6) is -1.00. The van der Waals surface area contributed by atoms with E-state index >= 15 is 0 Å². The minimum Gasteiger partial charge on any atom is -0.478 e. The van der Waals surface area contributed by atoms with Gasteiger partial charge in [0.15, 0.2) is 0 Å². The largest absolute Gasteiger partial charge is 0.478 e. The van der Waals surface area contributed by atoms with Gasteiger partial charge in [-0.15, -0.1) is 11.3 Å². The third-order valence-corrected chi connectivity index (χ3v) is 6.19. The predicted octanol–water partition coefficient (Wildman–Crippen LogP) is 3.47. The van der Waals surface area contributed by atoms with Gasteiger partial charge in [0.1, 0.15) is 5.00 Å². The van der Waals surface area contributed by atoms with Crippen molar-refractivity contribution < 1.29 is 14.7 Å². The molecule has 2 atom stereocenters. The molecule has 0 aromatic carbocycles. The van der Waals surface area contributed by atoms with Crippen LogP contribution in [0.4, 0.5) is 9.80 Å². The summed E-state index contributed by atoms with van der Waals surface area (Å²) in [6.45, 7) is 3.62. The Hall–Kier alpha value is -1.21. The summed E-state index contributed by atoms with van der Waals surface area (Å²) in [4.78, 5) is 24.3. The highest BCUT2D eigenvalue weighted by Crippen LogP contribution is 2.33. The van der Waals surface area contributed by atoms with Crippen LogP contribution < -0.4 is 10.6 Å². The Kier molecular flexibility index (Phi) is 5.16. The van der Waals surface area contributed by atoms with Crippen LogP contribution in [0.3, 0.4) is 0 Å². The number of aryl methyl sites for hydroxylation is 1. The van der Waals surface area contributed by atoms with E-state index in [-0.39, 0.29) is 17.6 Å². The molecule has 1 aromatic heterocycles. The fourth-order valence-electron chi connectivity index (χ4n) is 2.65. The number of aromatic carboxylic acids is 1. The van der Waals surface area contributed by atoms with Crippen LogP contribution >= 0.6 is 23.1 Å². The standard InChI is InChI=1S/C14H20N2O3S2/c1-7-8(2)21-12(11(7)13(17)18)16-14(19)15-9-5-4-6-10(9)20-3/h9-10H,4-6H2,1-3H3,(H,17,18)(H2,15,16,19). The van der Waals surface area contributed by atoms with Crippen LogP contribution in [0.15, 0.2) is 0 Å². The summed E-state index contributed by atoms with van der Waals surface area (Å²) >= 11 is 3.07. The Morgan fingerprint density at radius 1 is 1.33 bits per heavy atom. The van der Waals surface area contributed by atoms with E-state index in [1.807, 2.05) is 6.92 Å². The zero-order valence-electron chi connectivity index (χ0n) is 12.4. The Balaban J connectivity index is 2.06. The molecular weight excluding hydrogens is 308 g/mol. The molecule has 0 bridgehead atoms. The number of amides is 2. The number of carboxylic acid groups (broad SMARTS) is 1. The van der Waals surface area contributed by atoms with E-state index in [1.165, 1.54) is 11.3 Å². The molecule has 7 heteroatoms. The van der Waals surface area contributed by atoms with Crippen LogP contribution in [0.5, 0.6) is 0 Å². The molecule has 2 rings (SSSR count). The SMILES string of the molecule is CSC1CCCC1NC(=O)Nc1sc(C)c(C)c1C(=O)O. The number of urea groups is 1. The molecule has 0 saturated heterocycles. The lowest BCUT2D eigenvalue weighted by atomic mass is 10.1. The molecule has 0 radical (unpaired) electrons. The lowest BCUT2D eigenvalue weighted by molar-refractivity contribution is 0.0697. The molecule has 0 spiro atoms. The van der Waals surface area contributed by atoms with Gasteiger partial charge in [-0.2, -0.15) is 11.8 Å². The van der Waals surface area contributed by atoms with Crippen molar-refractivity contribution in [1.82, 2.24) is 5.32 Å². The summed E-state index contributed by atoms with van der Waals surface area (Å²) < 4.78 is 0. The maximum Gasteiger partial charge on any atom is 0.338 e. The first-order valence-corrected chi connectivity index (χ1v) is 8.98. The Labute approximate surface area is 132 Å². The second kappa shape index (κ2) is 6.70. The van der Waals surface area contributed by atoms with Crippen LogP contribution in [0.1, 0.15) is 40.1 Å². The van der Waals surface area contributed by atoms with Gasteiger partial charge in [-0.05, 0) is 38.5 Å². The van der Waals surface area contributed by atoms with Crippen molar-refractivity contribution in [1.29, 1.82) is 0 Å². The van der Waals surface area contributed by atoms with E-state index in [9.17, 15) is 14.7 Å². The average molecular weight is 328 g/mol. The third kappa shape index (κ3) is 3.52. The molecule has 3 N–H and O–H groups in total. The zero-order valence-corrected chi connectivity index (χ0v) is 14.0. The number of hydrogen-bond donors (Lipinski definition) is 3. The molecule has 1 heterocycles. The van der Waals surface area contributed by atoms with Crippen molar-refractivity contribution in [2.24, 2.45) is 0 Å². The van der Waals surface area contributed by atoms with Crippen LogP contribution in [-0.4, -0.2) is 34.7 Å². The molecule has 1 aromatic rings. The number of thioether (sulfide) groups is 1. The van der Waals surface area contributed by atoms with E-state index in [4.69, 9.17) is 0 Å². The summed E-state index contributed by atoms with van der Waals surface area (Å²) in [6.07, 6.45) is 5.27. The molecule has 2 amide bonds. The topological polar surface area (TPSA) is 78.4 Å². The van der Waals surface area contributed by atoms with Gasteiger partial charge in [-0.1, -0.05) is 6.42 Å². The lowest BCUT2D eigenvalue weighted by Gasteiger charge is -2.19. The summed E-state index contributed by atoms with van der Waals surface area (Å²) in [6, 6.07) is -0.153. The molecule has 1 saturated carbocycles. The highest BCUT2D eigenvalue weighted by atomic mass is 32.2. The van der Waals surface area contributed by atoms with Crippen molar-refractivity contribution in [3.8, 4) is 0 Å². The first-order valence-electron chi connectivity index (χ1n) is 6.87. The molecule has 5 nitrogen and oxygen atoms in total. The summed E-state index contributed by atoms with van der Waals surface area (Å²) in [7, 11) is 0. The van der Waals surface area contributed by atoms with Gasteiger partial charge in [0.25, 0.3) is 0 Å². The Morgan fingerprint density at radius 2 is 2.05 bits per heavy atom. The molecule has 116 valence electrons. The van der Waals surface area contributed by atoms with Gasteiger partial charge in [-0.3, -0.25) is 5.32 Å². The second-order valence-electron chi connectivity index (χ2n) is 5.20. The zero-order chi connectivity index (χ0) is 15.6. The van der Waals surface area contributed by atoms with Crippen molar-refractivity contribution in [2.75, 3.05) is 11.6 Å². The number of thiophene rings is 1. The number of nitrogens with one attached hydrogen (secondary N) is 2. The smallest absolute Gasteiger partial charge is 0.338 e. The number of carbonyl (C=O) groups excluding carboxylic acids is 1. The monoisotopic (exact) mass is 328 g/mol. The van der Waals surface area contributed by atoms with Crippen LogP contribution in [0.25, 0.3) is 0 Å². The highest BCUT2D eigenvalue weighted by Gasteiger charge is 2.28. The number of carbonyl (C=O) groups is 2. The number of carboxylic acids is 1. The maximum absolute atomic E-state index is 12.1. The van der Waals surface area contributed by atoms with E-state index < -0.39 is 5.97 Å². The number of rotatable bonds is 4. The van der Waals surface area contributed by atoms with Crippen LogP contribution in [-0.2, 0) is 0 Å². The molecule has 2 unspecified atom stereocenters. The minimum atomic E-state index is -1.00. The van der Waals surface area contributed by atoms with Gasteiger partial charge >= 0.3 is 12.0 Å². The van der Waals surface area contributed by atoms with Crippen molar-refractivity contribution in [3.63, 3.8) is 0 Å². The van der Waals surface area contributed by atoms with E-state index in [2.05, 4.69) is 16.9 Å². The first kappa shape index (κ1) is 16.2. The fraction of sp³-hybridized carbons (Fsp3) is 0.571. The van der Waals surface area contributed by atoms with Crippen LogP contribution in [0.2, 0.25) is 0 Å². The minimum absolute atomic E-state index is 0.162. The molecular formula is C14H20N2O3S2. The summed E-state index contributed by atoms with van der Waals surface area (Å²) in [5.41, 5.74) is 0.908. The number of anilines is 1. The molecule has 21 heavy (non-hydrogen) atoms.